The molecule has 7 heteroatoms. The van der Waals surface area contributed by atoms with Crippen molar-refractivity contribution in [3.63, 3.8) is 0 Å². The molecule has 3 aromatic rings. The minimum Gasteiger partial charge on any atom is -0.376 e. The molecule has 1 amide bonds. The first-order valence-electron chi connectivity index (χ1n) is 9.33. The lowest BCUT2D eigenvalue weighted by atomic mass is 10.1. The van der Waals surface area contributed by atoms with Gasteiger partial charge < -0.3 is 14.8 Å². The smallest absolute Gasteiger partial charge is 0.251 e. The van der Waals surface area contributed by atoms with Crippen LogP contribution in [0, 0.1) is 11.8 Å². The number of ether oxygens (including phenoxy) is 2. The van der Waals surface area contributed by atoms with Crippen molar-refractivity contribution in [2.24, 2.45) is 0 Å². The zero-order valence-corrected chi connectivity index (χ0v) is 15.7. The third kappa shape index (κ3) is 4.88. The van der Waals surface area contributed by atoms with Crippen LogP contribution in [-0.2, 0) is 9.47 Å². The van der Waals surface area contributed by atoms with Gasteiger partial charge >= 0.3 is 0 Å². The lowest BCUT2D eigenvalue weighted by molar-refractivity contribution is -0.0855. The van der Waals surface area contributed by atoms with Crippen molar-refractivity contribution in [3.8, 4) is 17.5 Å². The van der Waals surface area contributed by atoms with Crippen LogP contribution >= 0.6 is 0 Å². The van der Waals surface area contributed by atoms with Crippen LogP contribution in [0.5, 0.6) is 0 Å². The predicted octanol–water partition coefficient (Wildman–Crippen LogP) is 1.81. The first kappa shape index (κ1) is 18.9. The molecule has 1 fully saturated rings. The van der Waals surface area contributed by atoms with Gasteiger partial charge in [-0.25, -0.2) is 4.68 Å². The Morgan fingerprint density at radius 1 is 1.21 bits per heavy atom. The fraction of sp³-hybridized carbons (Fsp3) is 0.227. The molecular formula is C22H20N4O3. The molecule has 146 valence electrons. The van der Waals surface area contributed by atoms with Crippen LogP contribution in [-0.4, -0.2) is 53.1 Å². The van der Waals surface area contributed by atoms with E-state index in [1.54, 1.807) is 35.4 Å². The molecule has 0 spiro atoms. The van der Waals surface area contributed by atoms with Crippen LogP contribution in [0.15, 0.2) is 61.2 Å². The number of aromatic nitrogens is 3. The molecule has 1 N–H and O–H groups in total. The third-order valence-electron chi connectivity index (χ3n) is 4.39. The second-order valence-electron chi connectivity index (χ2n) is 6.45. The van der Waals surface area contributed by atoms with Crippen LogP contribution in [0.25, 0.3) is 5.69 Å². The minimum atomic E-state index is -0.185. The van der Waals surface area contributed by atoms with Gasteiger partial charge in [0.15, 0.2) is 0 Å². The highest BCUT2D eigenvalue weighted by Crippen LogP contribution is 2.16. The molecule has 1 aliphatic heterocycles. The summed E-state index contributed by atoms with van der Waals surface area (Å²) < 4.78 is 12.6. The Kier molecular flexibility index (Phi) is 5.95. The number of hydrogen-bond donors (Lipinski definition) is 1. The van der Waals surface area contributed by atoms with Crippen molar-refractivity contribution in [2.45, 2.75) is 6.10 Å². The van der Waals surface area contributed by atoms with E-state index in [1.165, 1.54) is 0 Å². The quantitative estimate of drug-likeness (QED) is 0.690. The summed E-state index contributed by atoms with van der Waals surface area (Å²) in [5.41, 5.74) is 2.81. The molecule has 1 saturated heterocycles. The maximum absolute atomic E-state index is 12.6. The third-order valence-corrected chi connectivity index (χ3v) is 4.39. The Hall–Kier alpha value is -3.47. The van der Waals surface area contributed by atoms with E-state index >= 15 is 0 Å². The van der Waals surface area contributed by atoms with Crippen LogP contribution < -0.4 is 5.32 Å². The van der Waals surface area contributed by atoms with Crippen molar-refractivity contribution in [2.75, 3.05) is 26.4 Å². The zero-order valence-electron chi connectivity index (χ0n) is 15.7. The van der Waals surface area contributed by atoms with Gasteiger partial charge in [0.2, 0.25) is 0 Å². The van der Waals surface area contributed by atoms with Gasteiger partial charge in [-0.05, 0) is 36.4 Å². The number of hydrogen-bond acceptors (Lipinski definition) is 5. The van der Waals surface area contributed by atoms with Gasteiger partial charge in [0, 0.05) is 42.5 Å². The van der Waals surface area contributed by atoms with Crippen molar-refractivity contribution < 1.29 is 14.3 Å². The van der Waals surface area contributed by atoms with Gasteiger partial charge in [-0.2, -0.15) is 5.10 Å². The van der Waals surface area contributed by atoms with Gasteiger partial charge in [0.1, 0.15) is 0 Å². The Balaban J connectivity index is 1.57. The fourth-order valence-electron chi connectivity index (χ4n) is 2.93. The molecule has 1 aliphatic rings. The maximum atomic E-state index is 12.6. The van der Waals surface area contributed by atoms with E-state index in [-0.39, 0.29) is 12.0 Å². The normalized spacial score (nSPS) is 15.9. The summed E-state index contributed by atoms with van der Waals surface area (Å²) in [5.74, 6) is 6.05. The van der Waals surface area contributed by atoms with E-state index in [1.807, 2.05) is 30.5 Å². The summed E-state index contributed by atoms with van der Waals surface area (Å²) in [6.07, 6.45) is 6.81. The van der Waals surface area contributed by atoms with Crippen LogP contribution in [0.2, 0.25) is 0 Å². The lowest BCUT2D eigenvalue weighted by Crippen LogP contribution is -2.39. The van der Waals surface area contributed by atoms with Gasteiger partial charge in [-0.3, -0.25) is 9.78 Å². The number of rotatable bonds is 4. The van der Waals surface area contributed by atoms with E-state index in [0.29, 0.717) is 37.5 Å². The molecule has 0 unspecified atom stereocenters. The Morgan fingerprint density at radius 2 is 2.17 bits per heavy atom. The predicted molar refractivity (Wildman–Crippen MR) is 107 cm³/mol. The molecule has 7 nitrogen and oxygen atoms in total. The van der Waals surface area contributed by atoms with Gasteiger partial charge in [0.05, 0.1) is 37.2 Å². The summed E-state index contributed by atoms with van der Waals surface area (Å²) in [5, 5.41) is 7.18. The number of carbonyl (C=O) groups is 1. The summed E-state index contributed by atoms with van der Waals surface area (Å²) in [6, 6.07) is 10.9. The Bertz CT molecular complexity index is 1020. The molecule has 2 aromatic heterocycles. The lowest BCUT2D eigenvalue weighted by Gasteiger charge is -2.23. The summed E-state index contributed by atoms with van der Waals surface area (Å²) in [4.78, 5) is 16.7. The Morgan fingerprint density at radius 3 is 2.93 bits per heavy atom. The molecule has 0 saturated carbocycles. The van der Waals surface area contributed by atoms with Crippen LogP contribution in [0.4, 0.5) is 0 Å². The molecule has 3 heterocycles. The summed E-state index contributed by atoms with van der Waals surface area (Å²) >= 11 is 0. The molecule has 0 bridgehead atoms. The summed E-state index contributed by atoms with van der Waals surface area (Å²) in [6.45, 7) is 2.03. The fourth-order valence-corrected chi connectivity index (χ4v) is 2.93. The van der Waals surface area contributed by atoms with E-state index in [9.17, 15) is 4.79 Å². The van der Waals surface area contributed by atoms with Gasteiger partial charge in [0.25, 0.3) is 5.91 Å². The number of amides is 1. The average molecular weight is 388 g/mol. The first-order valence-corrected chi connectivity index (χ1v) is 9.33. The first-order chi connectivity index (χ1) is 14.3. The second kappa shape index (κ2) is 9.15. The van der Waals surface area contributed by atoms with Crippen molar-refractivity contribution in [1.82, 2.24) is 20.1 Å². The SMILES string of the molecule is O=C(NC[C@@H]1COCCO1)c1ccc(-n2cccn2)c(C#Cc2cccnc2)c1. The van der Waals surface area contributed by atoms with Gasteiger partial charge in [-0.15, -0.1) is 0 Å². The Labute approximate surface area is 168 Å². The van der Waals surface area contributed by atoms with E-state index in [2.05, 4.69) is 27.2 Å². The highest BCUT2D eigenvalue weighted by molar-refractivity contribution is 5.95. The van der Waals surface area contributed by atoms with E-state index in [0.717, 1.165) is 11.3 Å². The molecular weight excluding hydrogens is 368 g/mol. The topological polar surface area (TPSA) is 78.3 Å². The van der Waals surface area contributed by atoms with Crippen LogP contribution in [0.1, 0.15) is 21.5 Å². The number of nitrogens with zero attached hydrogens (tertiary/aromatic N) is 3. The van der Waals surface area contributed by atoms with E-state index < -0.39 is 0 Å². The van der Waals surface area contributed by atoms with Gasteiger partial charge in [-0.1, -0.05) is 11.8 Å². The minimum absolute atomic E-state index is 0.124. The number of benzene rings is 1. The number of pyridine rings is 1. The monoisotopic (exact) mass is 388 g/mol. The zero-order chi connectivity index (χ0) is 19.9. The molecule has 0 aliphatic carbocycles. The maximum Gasteiger partial charge on any atom is 0.251 e. The average Bonchev–Trinajstić information content (AvgIpc) is 3.32. The van der Waals surface area contributed by atoms with E-state index in [4.69, 9.17) is 9.47 Å². The molecule has 0 radical (unpaired) electrons. The van der Waals surface area contributed by atoms with Crippen molar-refractivity contribution in [1.29, 1.82) is 0 Å². The molecule has 1 atom stereocenters. The standard InChI is InChI=1S/C22H20N4O3/c27-22(24-15-20-16-28-11-12-29-20)19-6-7-21(26-10-2-9-25-26)18(13-19)5-4-17-3-1-8-23-14-17/h1-3,6-10,13-14,20H,11-12,15-16H2,(H,24,27)/t20-/m1/s1. The van der Waals surface area contributed by atoms with Crippen LogP contribution in [0.3, 0.4) is 0 Å². The largest absolute Gasteiger partial charge is 0.376 e. The van der Waals surface area contributed by atoms with Crippen molar-refractivity contribution >= 4 is 5.91 Å². The molecule has 29 heavy (non-hydrogen) atoms. The number of nitrogens with one attached hydrogen (secondary N) is 1. The highest BCUT2D eigenvalue weighted by Gasteiger charge is 2.16. The van der Waals surface area contributed by atoms with Crippen molar-refractivity contribution in [3.05, 3.63) is 77.9 Å². The summed E-state index contributed by atoms with van der Waals surface area (Å²) in [7, 11) is 0. The second-order valence-corrected chi connectivity index (χ2v) is 6.45. The molecule has 4 rings (SSSR count). The highest BCUT2D eigenvalue weighted by atomic mass is 16.6. The number of carbonyl (C=O) groups excluding carboxylic acids is 1. The molecule has 1 aromatic carbocycles.